The van der Waals surface area contributed by atoms with Gasteiger partial charge in [-0.3, -0.25) is 0 Å². The maximum Gasteiger partial charge on any atom is 0.428 e. The maximum absolute atomic E-state index is 11.8. The van der Waals surface area contributed by atoms with Crippen molar-refractivity contribution in [2.24, 2.45) is 5.10 Å². The fourth-order valence-corrected chi connectivity index (χ4v) is 2.88. The lowest BCUT2D eigenvalue weighted by Crippen LogP contribution is -2.30. The Bertz CT molecular complexity index is 355. The van der Waals surface area contributed by atoms with E-state index < -0.39 is 11.7 Å². The summed E-state index contributed by atoms with van der Waals surface area (Å²) in [5.41, 5.74) is 3.21. The summed E-state index contributed by atoms with van der Waals surface area (Å²) in [6, 6.07) is 0. The van der Waals surface area contributed by atoms with Gasteiger partial charge in [0, 0.05) is 5.71 Å². The van der Waals surface area contributed by atoms with Crippen LogP contribution in [0.2, 0.25) is 0 Å². The third kappa shape index (κ3) is 17.8. The van der Waals surface area contributed by atoms with E-state index in [0.717, 1.165) is 31.4 Å². The number of hydrogen-bond acceptors (Lipinski definition) is 3. The van der Waals surface area contributed by atoms with Gasteiger partial charge < -0.3 is 4.74 Å². The highest BCUT2D eigenvalue weighted by Gasteiger charge is 2.15. The van der Waals surface area contributed by atoms with Crippen molar-refractivity contribution in [1.82, 2.24) is 5.43 Å². The first kappa shape index (κ1) is 24.9. The van der Waals surface area contributed by atoms with E-state index in [4.69, 9.17) is 4.74 Å². The molecule has 0 aromatic carbocycles. The molecule has 1 N–H and O–H groups in total. The molecular formula is C22H44N2O2. The Labute approximate surface area is 162 Å². The van der Waals surface area contributed by atoms with Gasteiger partial charge in [-0.2, -0.15) is 5.10 Å². The van der Waals surface area contributed by atoms with Crippen LogP contribution in [0.5, 0.6) is 0 Å². The Kier molecular flexibility index (Phi) is 15.5. The number of hydrazone groups is 1. The molecule has 0 aliphatic heterocycles. The number of nitrogens with one attached hydrogen (secondary N) is 1. The average Bonchev–Trinajstić information content (AvgIpc) is 2.56. The van der Waals surface area contributed by atoms with Gasteiger partial charge in [0.15, 0.2) is 0 Å². The minimum atomic E-state index is -0.488. The molecular weight excluding hydrogens is 324 g/mol. The van der Waals surface area contributed by atoms with Crippen LogP contribution >= 0.6 is 0 Å². The molecule has 0 heterocycles. The zero-order chi connectivity index (χ0) is 19.7. The average molecular weight is 369 g/mol. The third-order valence-corrected chi connectivity index (χ3v) is 4.34. The van der Waals surface area contributed by atoms with E-state index in [-0.39, 0.29) is 0 Å². The van der Waals surface area contributed by atoms with Gasteiger partial charge in [0.25, 0.3) is 0 Å². The molecule has 0 saturated heterocycles. The summed E-state index contributed by atoms with van der Waals surface area (Å²) >= 11 is 0. The molecule has 0 aliphatic carbocycles. The van der Waals surface area contributed by atoms with Crippen LogP contribution in [0, 0.1) is 0 Å². The van der Waals surface area contributed by atoms with E-state index in [1.165, 1.54) is 64.2 Å². The molecule has 0 aromatic rings. The largest absolute Gasteiger partial charge is 0.443 e. The Morgan fingerprint density at radius 2 is 1.19 bits per heavy atom. The van der Waals surface area contributed by atoms with E-state index >= 15 is 0 Å². The summed E-state index contributed by atoms with van der Waals surface area (Å²) < 4.78 is 5.27. The van der Waals surface area contributed by atoms with Crippen molar-refractivity contribution in [3.63, 3.8) is 0 Å². The van der Waals surface area contributed by atoms with Gasteiger partial charge in [0.05, 0.1) is 0 Å². The Balaban J connectivity index is 4.24. The highest BCUT2D eigenvalue weighted by Crippen LogP contribution is 2.13. The van der Waals surface area contributed by atoms with Gasteiger partial charge >= 0.3 is 6.09 Å². The molecule has 0 rings (SSSR count). The summed E-state index contributed by atoms with van der Waals surface area (Å²) in [4.78, 5) is 11.8. The molecule has 0 bridgehead atoms. The molecule has 0 fully saturated rings. The lowest BCUT2D eigenvalue weighted by atomic mass is 10.0. The second-order valence-electron chi connectivity index (χ2n) is 8.33. The van der Waals surface area contributed by atoms with Crippen molar-refractivity contribution < 1.29 is 9.53 Å². The normalized spacial score (nSPS) is 11.3. The highest BCUT2D eigenvalue weighted by molar-refractivity contribution is 5.85. The predicted molar refractivity (Wildman–Crippen MR) is 113 cm³/mol. The van der Waals surface area contributed by atoms with E-state index in [1.54, 1.807) is 0 Å². The van der Waals surface area contributed by atoms with Gasteiger partial charge in [0.1, 0.15) is 5.60 Å². The number of nitrogens with zero attached hydrogens (tertiary/aromatic N) is 1. The lowest BCUT2D eigenvalue weighted by Gasteiger charge is -2.18. The van der Waals surface area contributed by atoms with Crippen LogP contribution < -0.4 is 5.43 Å². The highest BCUT2D eigenvalue weighted by atomic mass is 16.6. The number of hydrogen-bond donors (Lipinski definition) is 1. The predicted octanol–water partition coefficient (Wildman–Crippen LogP) is 7.37. The zero-order valence-electron chi connectivity index (χ0n) is 18.2. The summed E-state index contributed by atoms with van der Waals surface area (Å²) in [7, 11) is 0. The Morgan fingerprint density at radius 3 is 1.62 bits per heavy atom. The molecule has 26 heavy (non-hydrogen) atoms. The summed E-state index contributed by atoms with van der Waals surface area (Å²) in [5.74, 6) is 0. The van der Waals surface area contributed by atoms with Gasteiger partial charge in [0.2, 0.25) is 0 Å². The van der Waals surface area contributed by atoms with Crippen molar-refractivity contribution >= 4 is 11.8 Å². The van der Waals surface area contributed by atoms with Crippen molar-refractivity contribution in [1.29, 1.82) is 0 Å². The third-order valence-electron chi connectivity index (χ3n) is 4.34. The number of rotatable bonds is 15. The van der Waals surface area contributed by atoms with E-state index in [9.17, 15) is 4.79 Å². The minimum absolute atomic E-state index is 0.458. The SMILES string of the molecule is CCCCCCCCC(CCCCCCCC)=NNC(=O)OC(C)(C)C. The molecule has 1 amide bonds. The number of unbranched alkanes of at least 4 members (excludes halogenated alkanes) is 10. The summed E-state index contributed by atoms with van der Waals surface area (Å²) in [6.45, 7) is 10.1. The maximum atomic E-state index is 11.8. The molecule has 0 unspecified atom stereocenters. The Morgan fingerprint density at radius 1 is 0.769 bits per heavy atom. The quantitative estimate of drug-likeness (QED) is 0.186. The van der Waals surface area contributed by atoms with Gasteiger partial charge in [-0.15, -0.1) is 0 Å². The van der Waals surface area contributed by atoms with Crippen LogP contribution in [0.4, 0.5) is 4.79 Å². The van der Waals surface area contributed by atoms with Crippen LogP contribution in [0.1, 0.15) is 125 Å². The van der Waals surface area contributed by atoms with Crippen molar-refractivity contribution in [3.8, 4) is 0 Å². The van der Waals surface area contributed by atoms with Gasteiger partial charge in [-0.1, -0.05) is 78.1 Å². The van der Waals surface area contributed by atoms with Crippen molar-refractivity contribution in [2.45, 2.75) is 130 Å². The second-order valence-corrected chi connectivity index (χ2v) is 8.33. The molecule has 0 saturated carbocycles. The fourth-order valence-electron chi connectivity index (χ4n) is 2.88. The molecule has 0 aromatic heterocycles. The molecule has 0 spiro atoms. The van der Waals surface area contributed by atoms with E-state index in [0.29, 0.717) is 0 Å². The molecule has 0 radical (unpaired) electrons. The van der Waals surface area contributed by atoms with Gasteiger partial charge in [-0.25, -0.2) is 10.2 Å². The number of ether oxygens (including phenoxy) is 1. The first-order valence-corrected chi connectivity index (χ1v) is 10.9. The van der Waals surface area contributed by atoms with E-state index in [2.05, 4.69) is 24.4 Å². The topological polar surface area (TPSA) is 50.7 Å². The van der Waals surface area contributed by atoms with Crippen molar-refractivity contribution in [2.75, 3.05) is 0 Å². The molecule has 4 heteroatoms. The summed E-state index contributed by atoms with van der Waals surface area (Å²) in [6.07, 6.45) is 16.8. The minimum Gasteiger partial charge on any atom is -0.443 e. The van der Waals surface area contributed by atoms with Crippen LogP contribution in [0.3, 0.4) is 0 Å². The van der Waals surface area contributed by atoms with Crippen LogP contribution in [-0.4, -0.2) is 17.4 Å². The molecule has 154 valence electrons. The molecule has 0 atom stereocenters. The standard InChI is InChI=1S/C22H44N2O2/c1-6-8-10-12-14-16-18-20(19-17-15-13-11-9-7-2)23-24-21(25)26-22(3,4)5/h6-19H2,1-5H3,(H,24,25). The van der Waals surface area contributed by atoms with E-state index in [1.807, 2.05) is 20.8 Å². The monoisotopic (exact) mass is 368 g/mol. The van der Waals surface area contributed by atoms with Crippen LogP contribution in [-0.2, 0) is 4.74 Å². The van der Waals surface area contributed by atoms with Crippen LogP contribution in [0.25, 0.3) is 0 Å². The fraction of sp³-hybridized carbons (Fsp3) is 0.909. The first-order valence-electron chi connectivity index (χ1n) is 10.9. The van der Waals surface area contributed by atoms with Crippen molar-refractivity contribution in [3.05, 3.63) is 0 Å². The number of carbonyl (C=O) groups is 1. The second kappa shape index (κ2) is 16.1. The summed E-state index contributed by atoms with van der Waals surface area (Å²) in [5, 5.41) is 4.37. The first-order chi connectivity index (χ1) is 12.4. The zero-order valence-corrected chi connectivity index (χ0v) is 18.2. The molecule has 0 aliphatic rings. The number of carbonyl (C=O) groups excluding carboxylic acids is 1. The van der Waals surface area contributed by atoms with Gasteiger partial charge in [-0.05, 0) is 46.5 Å². The molecule has 4 nitrogen and oxygen atoms in total. The number of amides is 1. The Hall–Kier alpha value is -1.06. The van der Waals surface area contributed by atoms with Crippen LogP contribution in [0.15, 0.2) is 5.10 Å². The lowest BCUT2D eigenvalue weighted by molar-refractivity contribution is 0.0529. The smallest absolute Gasteiger partial charge is 0.428 e.